The Labute approximate surface area is 62.9 Å². The Bertz CT molecular complexity index is 163. The molecule has 0 heterocycles. The Morgan fingerprint density at radius 3 is 2.50 bits per heavy atom. The van der Waals surface area contributed by atoms with Gasteiger partial charge in [0.05, 0.1) is 5.75 Å². The summed E-state index contributed by atoms with van der Waals surface area (Å²) < 4.78 is 24.0. The minimum absolute atomic E-state index is 0.187. The van der Waals surface area contributed by atoms with Crippen LogP contribution < -0.4 is 4.72 Å². The standard InChI is InChI=1S/C6H13NO2S/c1-3-5-7-10(8,9)6-4-2/h1,7H,3-6H2,2H3. The van der Waals surface area contributed by atoms with Crippen LogP contribution in [0, 0.1) is 6.92 Å². The SMILES string of the molecule is [CH]CCNS(=O)(=O)CCC. The van der Waals surface area contributed by atoms with Crippen molar-refractivity contribution in [3.8, 4) is 0 Å². The van der Waals surface area contributed by atoms with Crippen molar-refractivity contribution in [3.05, 3.63) is 6.92 Å². The highest BCUT2D eigenvalue weighted by atomic mass is 32.2. The fourth-order valence-electron chi connectivity index (χ4n) is 0.555. The first kappa shape index (κ1) is 9.91. The van der Waals surface area contributed by atoms with Crippen LogP contribution in [0.25, 0.3) is 0 Å². The molecule has 0 aromatic rings. The summed E-state index contributed by atoms with van der Waals surface area (Å²) in [6.45, 7) is 7.26. The summed E-state index contributed by atoms with van der Waals surface area (Å²) in [7, 11) is -3.02. The van der Waals surface area contributed by atoms with Crippen LogP contribution in [-0.2, 0) is 10.0 Å². The molecule has 2 radical (unpaired) electrons. The molecule has 0 saturated carbocycles. The van der Waals surface area contributed by atoms with Crippen LogP contribution in [0.3, 0.4) is 0 Å². The highest BCUT2D eigenvalue weighted by molar-refractivity contribution is 7.89. The highest BCUT2D eigenvalue weighted by Crippen LogP contribution is 1.87. The number of hydrogen-bond acceptors (Lipinski definition) is 2. The van der Waals surface area contributed by atoms with Crippen molar-refractivity contribution in [2.75, 3.05) is 12.3 Å². The fourth-order valence-corrected chi connectivity index (χ4v) is 1.67. The second kappa shape index (κ2) is 4.68. The molecular formula is C6H13NO2S. The van der Waals surface area contributed by atoms with Gasteiger partial charge in [-0.25, -0.2) is 13.1 Å². The Kier molecular flexibility index (Phi) is 4.64. The number of rotatable bonds is 5. The molecule has 0 aromatic carbocycles. The quantitative estimate of drug-likeness (QED) is 0.638. The third-order valence-corrected chi connectivity index (χ3v) is 2.53. The van der Waals surface area contributed by atoms with Crippen molar-refractivity contribution in [2.24, 2.45) is 0 Å². The zero-order valence-electron chi connectivity index (χ0n) is 6.13. The molecule has 10 heavy (non-hydrogen) atoms. The lowest BCUT2D eigenvalue weighted by molar-refractivity contribution is 0.580. The first-order chi connectivity index (χ1) is 4.62. The first-order valence-corrected chi connectivity index (χ1v) is 4.95. The van der Waals surface area contributed by atoms with E-state index in [9.17, 15) is 8.42 Å². The Hall–Kier alpha value is -0.0900. The maximum atomic E-state index is 10.8. The molecule has 0 amide bonds. The molecule has 0 aliphatic heterocycles. The second-order valence-electron chi connectivity index (χ2n) is 2.00. The maximum Gasteiger partial charge on any atom is 0.211 e. The summed E-state index contributed by atoms with van der Waals surface area (Å²) in [5, 5.41) is 0. The lowest BCUT2D eigenvalue weighted by Crippen LogP contribution is -2.26. The van der Waals surface area contributed by atoms with Crippen molar-refractivity contribution in [1.82, 2.24) is 4.72 Å². The van der Waals surface area contributed by atoms with Gasteiger partial charge in [0.15, 0.2) is 0 Å². The molecule has 0 rings (SSSR count). The van der Waals surface area contributed by atoms with E-state index in [1.54, 1.807) is 0 Å². The van der Waals surface area contributed by atoms with E-state index in [4.69, 9.17) is 6.92 Å². The van der Waals surface area contributed by atoms with Gasteiger partial charge in [-0.15, -0.1) is 0 Å². The predicted molar refractivity (Wildman–Crippen MR) is 41.0 cm³/mol. The van der Waals surface area contributed by atoms with Crippen LogP contribution in [0.15, 0.2) is 0 Å². The zero-order valence-corrected chi connectivity index (χ0v) is 6.95. The largest absolute Gasteiger partial charge is 0.215 e. The van der Waals surface area contributed by atoms with Gasteiger partial charge < -0.3 is 0 Å². The molecule has 0 fully saturated rings. The molecule has 0 spiro atoms. The van der Waals surface area contributed by atoms with E-state index in [1.807, 2.05) is 6.92 Å². The molecule has 0 aliphatic rings. The van der Waals surface area contributed by atoms with E-state index in [0.717, 1.165) is 0 Å². The molecule has 3 nitrogen and oxygen atoms in total. The summed E-state index contributed by atoms with van der Waals surface area (Å²) in [6.07, 6.45) is 0.989. The normalized spacial score (nSPS) is 11.8. The Morgan fingerprint density at radius 2 is 2.10 bits per heavy atom. The van der Waals surface area contributed by atoms with Crippen molar-refractivity contribution in [3.63, 3.8) is 0 Å². The van der Waals surface area contributed by atoms with Crippen LogP contribution in [0.5, 0.6) is 0 Å². The van der Waals surface area contributed by atoms with Crippen LogP contribution in [0.2, 0.25) is 0 Å². The summed E-state index contributed by atoms with van der Waals surface area (Å²) in [4.78, 5) is 0. The van der Waals surface area contributed by atoms with Gasteiger partial charge in [0.1, 0.15) is 0 Å². The van der Waals surface area contributed by atoms with Gasteiger partial charge in [-0.05, 0) is 19.8 Å². The fraction of sp³-hybridized carbons (Fsp3) is 0.833. The van der Waals surface area contributed by atoms with E-state index in [0.29, 0.717) is 19.4 Å². The van der Waals surface area contributed by atoms with Gasteiger partial charge in [0.2, 0.25) is 10.0 Å². The maximum absolute atomic E-state index is 10.8. The third kappa shape index (κ3) is 4.76. The van der Waals surface area contributed by atoms with E-state index < -0.39 is 10.0 Å². The average Bonchev–Trinajstić information content (AvgIpc) is 1.84. The van der Waals surface area contributed by atoms with Crippen LogP contribution in [0.1, 0.15) is 19.8 Å². The summed E-state index contributed by atoms with van der Waals surface area (Å²) in [5.74, 6) is 0.187. The third-order valence-electron chi connectivity index (χ3n) is 0.939. The van der Waals surface area contributed by atoms with E-state index in [2.05, 4.69) is 4.72 Å². The zero-order chi connectivity index (χ0) is 8.04. The van der Waals surface area contributed by atoms with Gasteiger partial charge >= 0.3 is 0 Å². The molecule has 0 atom stereocenters. The van der Waals surface area contributed by atoms with Crippen molar-refractivity contribution >= 4 is 10.0 Å². The van der Waals surface area contributed by atoms with Gasteiger partial charge in [0, 0.05) is 6.54 Å². The second-order valence-corrected chi connectivity index (χ2v) is 3.93. The first-order valence-electron chi connectivity index (χ1n) is 3.30. The molecule has 60 valence electrons. The summed E-state index contributed by atoms with van der Waals surface area (Å²) >= 11 is 0. The van der Waals surface area contributed by atoms with Gasteiger partial charge in [0.25, 0.3) is 0 Å². The molecular weight excluding hydrogens is 150 g/mol. The number of sulfonamides is 1. The highest BCUT2D eigenvalue weighted by Gasteiger charge is 2.05. The van der Waals surface area contributed by atoms with Crippen molar-refractivity contribution in [2.45, 2.75) is 19.8 Å². The van der Waals surface area contributed by atoms with Gasteiger partial charge in [-0.3, -0.25) is 0 Å². The van der Waals surface area contributed by atoms with Crippen LogP contribution >= 0.6 is 0 Å². The minimum atomic E-state index is -3.02. The molecule has 0 saturated heterocycles. The van der Waals surface area contributed by atoms with E-state index in [-0.39, 0.29) is 5.75 Å². The lowest BCUT2D eigenvalue weighted by atomic mass is 10.5. The molecule has 1 N–H and O–H groups in total. The van der Waals surface area contributed by atoms with Crippen molar-refractivity contribution in [1.29, 1.82) is 0 Å². The lowest BCUT2D eigenvalue weighted by Gasteiger charge is -2.01. The molecule has 0 bridgehead atoms. The van der Waals surface area contributed by atoms with Crippen LogP contribution in [-0.4, -0.2) is 20.7 Å². The monoisotopic (exact) mass is 163 g/mol. The van der Waals surface area contributed by atoms with E-state index in [1.165, 1.54) is 0 Å². The topological polar surface area (TPSA) is 46.2 Å². The molecule has 4 heteroatoms. The van der Waals surface area contributed by atoms with Gasteiger partial charge in [-0.2, -0.15) is 0 Å². The Balaban J connectivity index is 3.65. The summed E-state index contributed by atoms with van der Waals surface area (Å²) in [6, 6.07) is 0. The smallest absolute Gasteiger partial charge is 0.211 e. The van der Waals surface area contributed by atoms with Crippen LogP contribution in [0.4, 0.5) is 0 Å². The number of hydrogen-bond donors (Lipinski definition) is 1. The van der Waals surface area contributed by atoms with Gasteiger partial charge in [-0.1, -0.05) is 6.92 Å². The Morgan fingerprint density at radius 1 is 1.50 bits per heavy atom. The van der Waals surface area contributed by atoms with E-state index >= 15 is 0 Å². The summed E-state index contributed by atoms with van der Waals surface area (Å²) in [5.41, 5.74) is 0. The molecule has 0 unspecified atom stereocenters. The minimum Gasteiger partial charge on any atom is -0.215 e. The number of nitrogens with one attached hydrogen (secondary N) is 1. The molecule has 0 aromatic heterocycles. The average molecular weight is 163 g/mol. The van der Waals surface area contributed by atoms with Crippen molar-refractivity contribution < 1.29 is 8.42 Å². The predicted octanol–water partition coefficient (Wildman–Crippen LogP) is 0.417. The molecule has 0 aliphatic carbocycles.